The number of hydrogen-bond donors (Lipinski definition) is 1. The van der Waals surface area contributed by atoms with Crippen molar-refractivity contribution in [3.63, 3.8) is 0 Å². The van der Waals surface area contributed by atoms with E-state index in [2.05, 4.69) is 9.97 Å². The summed E-state index contributed by atoms with van der Waals surface area (Å²) < 4.78 is 36.9. The number of aromatic amines is 1. The van der Waals surface area contributed by atoms with E-state index in [1.807, 2.05) is 0 Å². The normalized spacial score (nSPS) is 11.5. The molecule has 1 N–H and O–H groups in total. The first-order chi connectivity index (χ1) is 8.00. The van der Waals surface area contributed by atoms with Crippen LogP contribution in [0, 0.1) is 0 Å². The number of carbonyl (C=O) groups is 1. The van der Waals surface area contributed by atoms with Crippen LogP contribution in [0.25, 0.3) is 11.4 Å². The van der Waals surface area contributed by atoms with Crippen molar-refractivity contribution in [3.8, 4) is 11.4 Å². The van der Waals surface area contributed by atoms with Gasteiger partial charge >= 0.3 is 6.18 Å². The van der Waals surface area contributed by atoms with Gasteiger partial charge in [0.1, 0.15) is 11.5 Å². The molecule has 0 saturated carbocycles. The number of halogens is 3. The predicted octanol–water partition coefficient (Wildman–Crippen LogP) is 2.91. The lowest BCUT2D eigenvalue weighted by Gasteiger charge is -2.06. The number of nitrogens with one attached hydrogen (secondary N) is 1. The number of aromatic nitrogens is 2. The van der Waals surface area contributed by atoms with Crippen LogP contribution >= 0.6 is 0 Å². The molecular formula is C11H7F3N2O. The predicted molar refractivity (Wildman–Crippen MR) is 54.4 cm³/mol. The lowest BCUT2D eigenvalue weighted by atomic mass is 10.1. The Morgan fingerprint density at radius 2 is 1.82 bits per heavy atom. The van der Waals surface area contributed by atoms with Gasteiger partial charge in [0.05, 0.1) is 5.56 Å². The van der Waals surface area contributed by atoms with Gasteiger partial charge in [-0.15, -0.1) is 0 Å². The molecule has 1 heterocycles. The van der Waals surface area contributed by atoms with Crippen LogP contribution in [0.1, 0.15) is 16.1 Å². The number of aldehydes is 1. The number of carbonyl (C=O) groups excluding carboxylic acids is 1. The lowest BCUT2D eigenvalue weighted by Crippen LogP contribution is -2.04. The maximum atomic E-state index is 12.3. The van der Waals surface area contributed by atoms with Gasteiger partial charge in [0.25, 0.3) is 0 Å². The molecule has 0 unspecified atom stereocenters. The zero-order valence-electron chi connectivity index (χ0n) is 8.45. The Kier molecular flexibility index (Phi) is 2.71. The van der Waals surface area contributed by atoms with Crippen LogP contribution in [0.15, 0.2) is 30.5 Å². The fourth-order valence-corrected chi connectivity index (χ4v) is 1.36. The Bertz CT molecular complexity index is 528. The molecule has 2 rings (SSSR count). The molecular weight excluding hydrogens is 233 g/mol. The molecule has 3 nitrogen and oxygen atoms in total. The topological polar surface area (TPSA) is 45.8 Å². The van der Waals surface area contributed by atoms with Crippen LogP contribution in [0.2, 0.25) is 0 Å². The molecule has 0 atom stereocenters. The third-order valence-corrected chi connectivity index (χ3v) is 2.20. The van der Waals surface area contributed by atoms with E-state index in [0.29, 0.717) is 17.7 Å². The summed E-state index contributed by atoms with van der Waals surface area (Å²) in [7, 11) is 0. The highest BCUT2D eigenvalue weighted by Gasteiger charge is 2.30. The van der Waals surface area contributed by atoms with Crippen molar-refractivity contribution in [1.29, 1.82) is 0 Å². The van der Waals surface area contributed by atoms with Crippen molar-refractivity contribution in [1.82, 2.24) is 9.97 Å². The summed E-state index contributed by atoms with van der Waals surface area (Å²) in [5.74, 6) is 0.362. The van der Waals surface area contributed by atoms with E-state index in [4.69, 9.17) is 0 Å². The second kappa shape index (κ2) is 4.04. The first-order valence-electron chi connectivity index (χ1n) is 4.69. The lowest BCUT2D eigenvalue weighted by molar-refractivity contribution is -0.137. The van der Waals surface area contributed by atoms with Gasteiger partial charge in [-0.3, -0.25) is 4.79 Å². The van der Waals surface area contributed by atoms with Crippen LogP contribution in [0.3, 0.4) is 0 Å². The first-order valence-corrected chi connectivity index (χ1v) is 4.69. The van der Waals surface area contributed by atoms with E-state index in [9.17, 15) is 18.0 Å². The van der Waals surface area contributed by atoms with E-state index in [1.165, 1.54) is 18.3 Å². The van der Waals surface area contributed by atoms with Crippen molar-refractivity contribution < 1.29 is 18.0 Å². The third kappa shape index (κ3) is 2.35. The number of benzene rings is 1. The Morgan fingerprint density at radius 3 is 2.29 bits per heavy atom. The van der Waals surface area contributed by atoms with E-state index < -0.39 is 11.7 Å². The molecule has 1 aromatic carbocycles. The van der Waals surface area contributed by atoms with Gasteiger partial charge in [-0.1, -0.05) is 12.1 Å². The molecule has 0 aliphatic carbocycles. The Balaban J connectivity index is 2.32. The minimum absolute atomic E-state index is 0.208. The summed E-state index contributed by atoms with van der Waals surface area (Å²) in [6, 6.07) is 4.54. The number of alkyl halides is 3. The molecule has 6 heteroatoms. The maximum absolute atomic E-state index is 12.3. The summed E-state index contributed by atoms with van der Waals surface area (Å²) in [5.41, 5.74) is -0.0191. The summed E-state index contributed by atoms with van der Waals surface area (Å²) in [5, 5.41) is 0. The van der Waals surface area contributed by atoms with E-state index in [-0.39, 0.29) is 5.69 Å². The van der Waals surface area contributed by atoms with Gasteiger partial charge < -0.3 is 4.98 Å². The van der Waals surface area contributed by atoms with Gasteiger partial charge in [-0.2, -0.15) is 13.2 Å². The largest absolute Gasteiger partial charge is 0.416 e. The molecule has 2 aromatic rings. The highest BCUT2D eigenvalue weighted by atomic mass is 19.4. The molecule has 0 spiro atoms. The number of imidazole rings is 1. The molecule has 0 radical (unpaired) electrons. The van der Waals surface area contributed by atoms with Gasteiger partial charge in [-0.25, -0.2) is 4.98 Å². The fourth-order valence-electron chi connectivity index (χ4n) is 1.36. The zero-order valence-corrected chi connectivity index (χ0v) is 8.45. The maximum Gasteiger partial charge on any atom is 0.416 e. The van der Waals surface area contributed by atoms with Crippen molar-refractivity contribution in [2.75, 3.05) is 0 Å². The zero-order chi connectivity index (χ0) is 12.5. The fraction of sp³-hybridized carbons (Fsp3) is 0.0909. The molecule has 0 bridgehead atoms. The number of rotatable bonds is 2. The molecule has 17 heavy (non-hydrogen) atoms. The highest BCUT2D eigenvalue weighted by Crippen LogP contribution is 2.30. The minimum atomic E-state index is -4.35. The van der Waals surface area contributed by atoms with Crippen molar-refractivity contribution >= 4 is 6.29 Å². The highest BCUT2D eigenvalue weighted by molar-refractivity contribution is 5.73. The van der Waals surface area contributed by atoms with Gasteiger partial charge in [-0.05, 0) is 12.1 Å². The van der Waals surface area contributed by atoms with Crippen molar-refractivity contribution in [2.24, 2.45) is 0 Å². The minimum Gasteiger partial charge on any atom is -0.344 e. The molecule has 0 aliphatic rings. The van der Waals surface area contributed by atoms with Crippen molar-refractivity contribution in [2.45, 2.75) is 6.18 Å². The first kappa shape index (κ1) is 11.4. The summed E-state index contributed by atoms with van der Waals surface area (Å²) in [4.78, 5) is 17.0. The van der Waals surface area contributed by atoms with Crippen LogP contribution in [-0.4, -0.2) is 16.3 Å². The monoisotopic (exact) mass is 240 g/mol. The second-order valence-electron chi connectivity index (χ2n) is 3.37. The SMILES string of the molecule is O=Cc1c[nH]c(-c2ccc(C(F)(F)F)cc2)n1. The quantitative estimate of drug-likeness (QED) is 0.820. The van der Waals surface area contributed by atoms with E-state index in [1.54, 1.807) is 0 Å². The van der Waals surface area contributed by atoms with Crippen LogP contribution in [0.5, 0.6) is 0 Å². The van der Waals surface area contributed by atoms with Gasteiger partial charge in [0.2, 0.25) is 0 Å². The van der Waals surface area contributed by atoms with Crippen LogP contribution in [-0.2, 0) is 6.18 Å². The smallest absolute Gasteiger partial charge is 0.344 e. The Labute approximate surface area is 94.3 Å². The Morgan fingerprint density at radius 1 is 1.18 bits per heavy atom. The number of H-pyrrole nitrogens is 1. The molecule has 0 fully saturated rings. The Hall–Kier alpha value is -2.11. The average molecular weight is 240 g/mol. The van der Waals surface area contributed by atoms with E-state index in [0.717, 1.165) is 12.1 Å². The summed E-state index contributed by atoms with van der Waals surface area (Å²) in [6.45, 7) is 0. The molecule has 0 aliphatic heterocycles. The van der Waals surface area contributed by atoms with Gasteiger partial charge in [0, 0.05) is 11.8 Å². The summed E-state index contributed by atoms with van der Waals surface area (Å²) >= 11 is 0. The average Bonchev–Trinajstić information content (AvgIpc) is 2.76. The van der Waals surface area contributed by atoms with Gasteiger partial charge in [0.15, 0.2) is 6.29 Å². The third-order valence-electron chi connectivity index (χ3n) is 2.20. The molecule has 1 aromatic heterocycles. The number of nitrogens with zero attached hydrogens (tertiary/aromatic N) is 1. The molecule has 0 amide bonds. The standard InChI is InChI=1S/C11H7F3N2O/c12-11(13,14)8-3-1-7(2-4-8)10-15-5-9(6-17)16-10/h1-6H,(H,15,16). The van der Waals surface area contributed by atoms with Crippen molar-refractivity contribution in [3.05, 3.63) is 41.7 Å². The second-order valence-corrected chi connectivity index (χ2v) is 3.37. The molecule has 88 valence electrons. The van der Waals surface area contributed by atoms with Crippen LogP contribution < -0.4 is 0 Å². The number of hydrogen-bond acceptors (Lipinski definition) is 2. The molecule has 0 saturated heterocycles. The summed E-state index contributed by atoms with van der Waals surface area (Å²) in [6.07, 6.45) is -2.40. The van der Waals surface area contributed by atoms with E-state index >= 15 is 0 Å². The van der Waals surface area contributed by atoms with Crippen LogP contribution in [0.4, 0.5) is 13.2 Å².